The van der Waals surface area contributed by atoms with Gasteiger partial charge in [0, 0.05) is 52.4 Å². The van der Waals surface area contributed by atoms with E-state index in [0.29, 0.717) is 31.2 Å². The van der Waals surface area contributed by atoms with Crippen LogP contribution in [0.15, 0.2) is 24.3 Å². The predicted molar refractivity (Wildman–Crippen MR) is 158 cm³/mol. The van der Waals surface area contributed by atoms with E-state index in [-0.39, 0.29) is 47.7 Å². The largest absolute Gasteiger partial charge is 0.484 e. The maximum atomic E-state index is 12.9. The summed E-state index contributed by atoms with van der Waals surface area (Å²) in [7, 11) is 1.66. The number of nitrogens with two attached hydrogens (primary N) is 1. The van der Waals surface area contributed by atoms with Gasteiger partial charge in [-0.1, -0.05) is 23.7 Å². The van der Waals surface area contributed by atoms with Gasteiger partial charge < -0.3 is 36.0 Å². The van der Waals surface area contributed by atoms with Gasteiger partial charge >= 0.3 is 0 Å². The number of ether oxygens (including phenoxy) is 1. The fraction of sp³-hybridized carbons (Fsp3) is 0.571. The highest BCUT2D eigenvalue weighted by molar-refractivity contribution is 6.31. The molecule has 3 heterocycles. The van der Waals surface area contributed by atoms with E-state index in [4.69, 9.17) is 27.2 Å². The standard InChI is InChI=1S/C28H41ClN8O4/c1-31-27-24(33-25(29)26(30)34-27)28(40)32-21-5-3-11-36(18-21)10-2-4-20-6-8-22(9-7-20)41-19-23(39)37-14-12-35(13-15-37)16-17-38/h6-9,21,38H,2-5,10-19H2,1H3,(H,32,40)(H3,30,31,34). The van der Waals surface area contributed by atoms with Gasteiger partial charge in [0.15, 0.2) is 29.1 Å². The molecule has 2 aliphatic heterocycles. The topological polar surface area (TPSA) is 149 Å². The second kappa shape index (κ2) is 15.2. The number of piperazine rings is 1. The van der Waals surface area contributed by atoms with E-state index in [9.17, 15) is 9.59 Å². The molecular weight excluding hydrogens is 548 g/mol. The SMILES string of the molecule is CNc1nc(N)c(Cl)nc1C(=O)NC1CCCN(CCCc2ccc(OCC(=O)N3CCN(CCO)CC3)cc2)C1. The molecule has 41 heavy (non-hydrogen) atoms. The number of carbonyl (C=O) groups excluding carboxylic acids is 2. The molecule has 1 atom stereocenters. The van der Waals surface area contributed by atoms with Gasteiger partial charge in [-0.2, -0.15) is 0 Å². The molecule has 1 unspecified atom stereocenters. The third-order valence-electron chi connectivity index (χ3n) is 7.54. The second-order valence-electron chi connectivity index (χ2n) is 10.4. The van der Waals surface area contributed by atoms with E-state index < -0.39 is 0 Å². The lowest BCUT2D eigenvalue weighted by Gasteiger charge is -2.34. The zero-order valence-electron chi connectivity index (χ0n) is 23.6. The van der Waals surface area contributed by atoms with E-state index in [2.05, 4.69) is 30.4 Å². The van der Waals surface area contributed by atoms with Crippen LogP contribution in [-0.4, -0.2) is 120 Å². The molecule has 0 aliphatic carbocycles. The molecule has 2 amide bonds. The highest BCUT2D eigenvalue weighted by Crippen LogP contribution is 2.20. The number of aliphatic hydroxyl groups excluding tert-OH is 1. The molecule has 2 aliphatic rings. The van der Waals surface area contributed by atoms with Crippen molar-refractivity contribution in [1.29, 1.82) is 0 Å². The van der Waals surface area contributed by atoms with Crippen molar-refractivity contribution < 1.29 is 19.4 Å². The fourth-order valence-electron chi connectivity index (χ4n) is 5.25. The Morgan fingerprint density at radius 3 is 2.56 bits per heavy atom. The first kappa shape index (κ1) is 30.8. The van der Waals surface area contributed by atoms with Crippen molar-refractivity contribution >= 4 is 35.1 Å². The van der Waals surface area contributed by atoms with Crippen LogP contribution in [0.2, 0.25) is 5.15 Å². The number of β-amino-alcohol motifs (C(OH)–C–C–N with tert-alkyl or cyclic N) is 1. The fourth-order valence-corrected chi connectivity index (χ4v) is 5.38. The molecule has 0 bridgehead atoms. The number of nitrogens with zero attached hydrogens (tertiary/aromatic N) is 5. The predicted octanol–water partition coefficient (Wildman–Crippen LogP) is 1.10. The lowest BCUT2D eigenvalue weighted by atomic mass is 10.0. The summed E-state index contributed by atoms with van der Waals surface area (Å²) < 4.78 is 5.74. The Labute approximate surface area is 246 Å². The van der Waals surface area contributed by atoms with E-state index >= 15 is 0 Å². The number of aliphatic hydroxyl groups is 1. The van der Waals surface area contributed by atoms with Crippen LogP contribution in [0.5, 0.6) is 5.75 Å². The molecule has 1 aromatic carbocycles. The van der Waals surface area contributed by atoms with E-state index in [0.717, 1.165) is 58.4 Å². The summed E-state index contributed by atoms with van der Waals surface area (Å²) in [6.07, 6.45) is 3.82. The van der Waals surface area contributed by atoms with Gasteiger partial charge in [-0.15, -0.1) is 0 Å². The minimum atomic E-state index is -0.319. The maximum absolute atomic E-state index is 12.9. The molecule has 12 nitrogen and oxygen atoms in total. The Balaban J connectivity index is 1.16. The van der Waals surface area contributed by atoms with Crippen molar-refractivity contribution in [3.63, 3.8) is 0 Å². The van der Waals surface area contributed by atoms with Gasteiger partial charge in [-0.25, -0.2) is 9.97 Å². The number of carbonyl (C=O) groups is 2. The van der Waals surface area contributed by atoms with Gasteiger partial charge in [0.25, 0.3) is 11.8 Å². The van der Waals surface area contributed by atoms with Crippen LogP contribution in [0.1, 0.15) is 35.3 Å². The average molecular weight is 589 g/mol. The Hall–Kier alpha value is -3.19. The van der Waals surface area contributed by atoms with Crippen molar-refractivity contribution in [3.8, 4) is 5.75 Å². The van der Waals surface area contributed by atoms with Gasteiger partial charge in [0.2, 0.25) is 0 Å². The van der Waals surface area contributed by atoms with Crippen molar-refractivity contribution in [2.75, 3.05) is 83.7 Å². The first-order valence-corrected chi connectivity index (χ1v) is 14.6. The van der Waals surface area contributed by atoms with Crippen LogP contribution >= 0.6 is 11.6 Å². The summed E-state index contributed by atoms with van der Waals surface area (Å²) in [4.78, 5) is 39.9. The molecule has 2 fully saturated rings. The third-order valence-corrected chi connectivity index (χ3v) is 7.82. The summed E-state index contributed by atoms with van der Waals surface area (Å²) in [5, 5.41) is 15.0. The van der Waals surface area contributed by atoms with E-state index in [1.165, 1.54) is 5.56 Å². The Morgan fingerprint density at radius 2 is 1.85 bits per heavy atom. The molecule has 2 aromatic rings. The molecule has 0 radical (unpaired) electrons. The number of anilines is 2. The monoisotopic (exact) mass is 588 g/mol. The number of nitrogens with one attached hydrogen (secondary N) is 2. The molecule has 4 rings (SSSR count). The molecular formula is C28H41ClN8O4. The second-order valence-corrected chi connectivity index (χ2v) is 10.8. The smallest absolute Gasteiger partial charge is 0.274 e. The number of aryl methyl sites for hydroxylation is 1. The zero-order valence-corrected chi connectivity index (χ0v) is 24.4. The lowest BCUT2D eigenvalue weighted by molar-refractivity contribution is -0.135. The number of hydrogen-bond acceptors (Lipinski definition) is 10. The Morgan fingerprint density at radius 1 is 1.10 bits per heavy atom. The van der Waals surface area contributed by atoms with Crippen molar-refractivity contribution in [2.24, 2.45) is 0 Å². The Kier molecular flexibility index (Phi) is 11.4. The van der Waals surface area contributed by atoms with Crippen LogP contribution in [0, 0.1) is 0 Å². The van der Waals surface area contributed by atoms with Crippen LogP contribution < -0.4 is 21.1 Å². The number of rotatable bonds is 12. The van der Waals surface area contributed by atoms with Gasteiger partial charge in [0.05, 0.1) is 6.61 Å². The summed E-state index contributed by atoms with van der Waals surface area (Å²) in [5.41, 5.74) is 7.06. The number of aromatic nitrogens is 2. The molecule has 5 N–H and O–H groups in total. The van der Waals surface area contributed by atoms with Crippen molar-refractivity contribution in [1.82, 2.24) is 30.0 Å². The third kappa shape index (κ3) is 8.90. The first-order valence-electron chi connectivity index (χ1n) is 14.2. The van der Waals surface area contributed by atoms with Gasteiger partial charge in [0.1, 0.15) is 5.75 Å². The summed E-state index contributed by atoms with van der Waals surface area (Å²) >= 11 is 5.99. The highest BCUT2D eigenvalue weighted by atomic mass is 35.5. The molecule has 13 heteroatoms. The minimum absolute atomic E-state index is 0.0111. The van der Waals surface area contributed by atoms with Crippen LogP contribution in [0.25, 0.3) is 0 Å². The highest BCUT2D eigenvalue weighted by Gasteiger charge is 2.25. The lowest BCUT2D eigenvalue weighted by Crippen LogP contribution is -2.50. The number of piperidine rings is 1. The first-order chi connectivity index (χ1) is 19.9. The summed E-state index contributed by atoms with van der Waals surface area (Å²) in [5.74, 6) is 0.730. The molecule has 0 saturated carbocycles. The maximum Gasteiger partial charge on any atom is 0.274 e. The number of hydrogen-bond donors (Lipinski definition) is 4. The average Bonchev–Trinajstić information content (AvgIpc) is 2.98. The van der Waals surface area contributed by atoms with Crippen LogP contribution in [0.3, 0.4) is 0 Å². The van der Waals surface area contributed by atoms with E-state index in [1.807, 2.05) is 29.2 Å². The minimum Gasteiger partial charge on any atom is -0.484 e. The summed E-state index contributed by atoms with van der Waals surface area (Å²) in [6.45, 7) is 6.40. The molecule has 2 saturated heterocycles. The normalized spacial score (nSPS) is 18.2. The molecule has 1 aromatic heterocycles. The van der Waals surface area contributed by atoms with Gasteiger partial charge in [-0.05, 0) is 56.5 Å². The quantitative estimate of drug-likeness (QED) is 0.284. The number of benzene rings is 1. The van der Waals surface area contributed by atoms with Crippen LogP contribution in [0.4, 0.5) is 11.6 Å². The van der Waals surface area contributed by atoms with E-state index in [1.54, 1.807) is 7.05 Å². The molecule has 224 valence electrons. The zero-order chi connectivity index (χ0) is 29.2. The Bertz CT molecular complexity index is 1160. The van der Waals surface area contributed by atoms with Crippen LogP contribution in [-0.2, 0) is 11.2 Å². The van der Waals surface area contributed by atoms with Crippen molar-refractivity contribution in [3.05, 3.63) is 40.7 Å². The summed E-state index contributed by atoms with van der Waals surface area (Å²) in [6, 6.07) is 7.94. The number of halogens is 1. The molecule has 0 spiro atoms. The number of likely N-dealkylation sites (tertiary alicyclic amines) is 1. The number of nitrogen functional groups attached to an aromatic ring is 1. The van der Waals surface area contributed by atoms with Gasteiger partial charge in [-0.3, -0.25) is 14.5 Å². The number of amides is 2. The van der Waals surface area contributed by atoms with Crippen molar-refractivity contribution in [2.45, 2.75) is 31.7 Å².